The molecule has 0 aliphatic heterocycles. The lowest BCUT2D eigenvalue weighted by atomic mass is 10.2. The summed E-state index contributed by atoms with van der Waals surface area (Å²) in [7, 11) is 1.86. The molecule has 0 unspecified atom stereocenters. The highest BCUT2D eigenvalue weighted by molar-refractivity contribution is 7.12. The standard InChI is InChI=1S/C13H16N2OS/c1-15(9-10-4-5-10)13(16)12-11(3-2-7-14)6-8-17-12/h6,8,10H,4-5,7,9,14H2,1H3. The fourth-order valence-electron chi connectivity index (χ4n) is 1.66. The first kappa shape index (κ1) is 12.2. The van der Waals surface area contributed by atoms with Crippen molar-refractivity contribution in [2.24, 2.45) is 11.7 Å². The molecule has 2 N–H and O–H groups in total. The van der Waals surface area contributed by atoms with Crippen LogP contribution in [0.5, 0.6) is 0 Å². The Bertz CT molecular complexity index is 465. The summed E-state index contributed by atoms with van der Waals surface area (Å²) in [5, 5.41) is 1.90. The van der Waals surface area contributed by atoms with Gasteiger partial charge in [-0.3, -0.25) is 4.79 Å². The molecule has 1 aromatic rings. The molecule has 0 saturated heterocycles. The van der Waals surface area contributed by atoms with Crippen LogP contribution in [0.3, 0.4) is 0 Å². The summed E-state index contributed by atoms with van der Waals surface area (Å²) in [6.45, 7) is 1.18. The molecule has 90 valence electrons. The maximum absolute atomic E-state index is 12.2. The highest BCUT2D eigenvalue weighted by atomic mass is 32.1. The van der Waals surface area contributed by atoms with Gasteiger partial charge in [-0.05, 0) is 30.2 Å². The van der Waals surface area contributed by atoms with Gasteiger partial charge in [0.2, 0.25) is 0 Å². The van der Waals surface area contributed by atoms with Crippen molar-refractivity contribution in [2.45, 2.75) is 12.8 Å². The molecule has 1 fully saturated rings. The van der Waals surface area contributed by atoms with E-state index in [9.17, 15) is 4.79 Å². The second kappa shape index (κ2) is 5.35. The van der Waals surface area contributed by atoms with Crippen LogP contribution in [0.4, 0.5) is 0 Å². The molecule has 1 aliphatic rings. The van der Waals surface area contributed by atoms with Crippen LogP contribution in [0.25, 0.3) is 0 Å². The van der Waals surface area contributed by atoms with Gasteiger partial charge in [-0.15, -0.1) is 11.3 Å². The van der Waals surface area contributed by atoms with Crippen LogP contribution >= 0.6 is 11.3 Å². The average Bonchev–Trinajstić information content (AvgIpc) is 3.01. The van der Waals surface area contributed by atoms with Gasteiger partial charge in [0, 0.05) is 19.2 Å². The van der Waals surface area contributed by atoms with Gasteiger partial charge in [-0.2, -0.15) is 0 Å². The zero-order chi connectivity index (χ0) is 12.3. The Morgan fingerprint density at radius 3 is 3.06 bits per heavy atom. The second-order valence-corrected chi connectivity index (χ2v) is 5.21. The Morgan fingerprint density at radius 1 is 1.65 bits per heavy atom. The van der Waals surface area contributed by atoms with Crippen LogP contribution in [-0.4, -0.2) is 30.9 Å². The normalized spacial score (nSPS) is 14.0. The maximum atomic E-state index is 12.2. The summed E-state index contributed by atoms with van der Waals surface area (Å²) < 4.78 is 0. The molecule has 1 saturated carbocycles. The molecule has 0 spiro atoms. The van der Waals surface area contributed by atoms with Gasteiger partial charge in [0.25, 0.3) is 5.91 Å². The molecule has 17 heavy (non-hydrogen) atoms. The molecule has 2 rings (SSSR count). The van der Waals surface area contributed by atoms with Crippen molar-refractivity contribution in [1.82, 2.24) is 4.90 Å². The first-order chi connectivity index (χ1) is 8.22. The number of nitrogens with two attached hydrogens (primary N) is 1. The average molecular weight is 248 g/mol. The van der Waals surface area contributed by atoms with Crippen LogP contribution in [0.1, 0.15) is 28.1 Å². The van der Waals surface area contributed by atoms with E-state index in [4.69, 9.17) is 5.73 Å². The van der Waals surface area contributed by atoms with E-state index < -0.39 is 0 Å². The van der Waals surface area contributed by atoms with Crippen LogP contribution < -0.4 is 5.73 Å². The Labute approximate surface area is 106 Å². The van der Waals surface area contributed by atoms with E-state index in [1.807, 2.05) is 18.5 Å². The summed E-state index contributed by atoms with van der Waals surface area (Å²) in [5.41, 5.74) is 6.14. The van der Waals surface area contributed by atoms with E-state index in [-0.39, 0.29) is 5.91 Å². The SMILES string of the molecule is CN(CC1CC1)C(=O)c1sccc1C#CCN. The molecule has 0 radical (unpaired) electrons. The molecule has 0 aromatic carbocycles. The fraction of sp³-hybridized carbons (Fsp3) is 0.462. The summed E-state index contributed by atoms with van der Waals surface area (Å²) in [6, 6.07) is 1.88. The van der Waals surface area contributed by atoms with E-state index in [0.29, 0.717) is 12.5 Å². The highest BCUT2D eigenvalue weighted by Gasteiger charge is 2.26. The van der Waals surface area contributed by atoms with Crippen LogP contribution in [-0.2, 0) is 0 Å². The van der Waals surface area contributed by atoms with E-state index in [2.05, 4.69) is 11.8 Å². The van der Waals surface area contributed by atoms with Gasteiger partial charge in [0.1, 0.15) is 4.88 Å². The monoisotopic (exact) mass is 248 g/mol. The van der Waals surface area contributed by atoms with Gasteiger partial charge in [-0.1, -0.05) is 11.8 Å². The highest BCUT2D eigenvalue weighted by Crippen LogP contribution is 2.30. The predicted molar refractivity (Wildman–Crippen MR) is 69.9 cm³/mol. The molecular weight excluding hydrogens is 232 g/mol. The molecule has 1 heterocycles. The molecule has 3 nitrogen and oxygen atoms in total. The first-order valence-electron chi connectivity index (χ1n) is 5.74. The van der Waals surface area contributed by atoms with Crippen molar-refractivity contribution in [3.8, 4) is 11.8 Å². The van der Waals surface area contributed by atoms with E-state index in [1.165, 1.54) is 24.2 Å². The third-order valence-corrected chi connectivity index (χ3v) is 3.66. The zero-order valence-corrected chi connectivity index (χ0v) is 10.7. The Hall–Kier alpha value is -1.31. The van der Waals surface area contributed by atoms with Crippen molar-refractivity contribution >= 4 is 17.2 Å². The van der Waals surface area contributed by atoms with Gasteiger partial charge in [0.05, 0.1) is 6.54 Å². The van der Waals surface area contributed by atoms with Crippen molar-refractivity contribution in [2.75, 3.05) is 20.1 Å². The van der Waals surface area contributed by atoms with Crippen LogP contribution in [0.2, 0.25) is 0 Å². The minimum Gasteiger partial charge on any atom is -0.341 e. The molecule has 1 amide bonds. The molecule has 0 bridgehead atoms. The van der Waals surface area contributed by atoms with Crippen molar-refractivity contribution < 1.29 is 4.79 Å². The number of carbonyl (C=O) groups is 1. The lowest BCUT2D eigenvalue weighted by Crippen LogP contribution is -2.28. The number of carbonyl (C=O) groups excluding carboxylic acids is 1. The summed E-state index contributed by atoms with van der Waals surface area (Å²) in [6.07, 6.45) is 2.50. The van der Waals surface area contributed by atoms with Gasteiger partial charge in [0.15, 0.2) is 0 Å². The quantitative estimate of drug-likeness (QED) is 0.825. The minimum atomic E-state index is 0.0771. The third kappa shape index (κ3) is 3.09. The molecule has 1 aliphatic carbocycles. The largest absolute Gasteiger partial charge is 0.341 e. The van der Waals surface area contributed by atoms with Gasteiger partial charge >= 0.3 is 0 Å². The molecular formula is C13H16N2OS. The Kier molecular flexibility index (Phi) is 3.82. The maximum Gasteiger partial charge on any atom is 0.264 e. The third-order valence-electron chi connectivity index (χ3n) is 2.76. The van der Waals surface area contributed by atoms with E-state index >= 15 is 0 Å². The van der Waals surface area contributed by atoms with Crippen molar-refractivity contribution in [3.63, 3.8) is 0 Å². The lowest BCUT2D eigenvalue weighted by molar-refractivity contribution is 0.0793. The molecule has 0 atom stereocenters. The lowest BCUT2D eigenvalue weighted by Gasteiger charge is -2.15. The van der Waals surface area contributed by atoms with Crippen molar-refractivity contribution in [1.29, 1.82) is 0 Å². The van der Waals surface area contributed by atoms with Gasteiger partial charge < -0.3 is 10.6 Å². The number of hydrogen-bond donors (Lipinski definition) is 1. The number of rotatable bonds is 3. The van der Waals surface area contributed by atoms with Crippen LogP contribution in [0, 0.1) is 17.8 Å². The molecule has 4 heteroatoms. The smallest absolute Gasteiger partial charge is 0.264 e. The summed E-state index contributed by atoms with van der Waals surface area (Å²) in [4.78, 5) is 14.7. The van der Waals surface area contributed by atoms with Crippen molar-refractivity contribution in [3.05, 3.63) is 21.9 Å². The zero-order valence-electron chi connectivity index (χ0n) is 9.90. The summed E-state index contributed by atoms with van der Waals surface area (Å²) in [5.74, 6) is 6.52. The first-order valence-corrected chi connectivity index (χ1v) is 6.62. The predicted octanol–water partition coefficient (Wildman–Crippen LogP) is 1.54. The number of hydrogen-bond acceptors (Lipinski definition) is 3. The molecule has 1 aromatic heterocycles. The number of nitrogens with zero attached hydrogens (tertiary/aromatic N) is 1. The Morgan fingerprint density at radius 2 is 2.41 bits per heavy atom. The fourth-order valence-corrected chi connectivity index (χ4v) is 2.51. The Balaban J connectivity index is 2.09. The summed E-state index contributed by atoms with van der Waals surface area (Å²) >= 11 is 1.45. The number of thiophene rings is 1. The number of amides is 1. The van der Waals surface area contributed by atoms with E-state index in [0.717, 1.165) is 17.0 Å². The topological polar surface area (TPSA) is 46.3 Å². The van der Waals surface area contributed by atoms with E-state index in [1.54, 1.807) is 4.90 Å². The van der Waals surface area contributed by atoms with Crippen LogP contribution in [0.15, 0.2) is 11.4 Å². The van der Waals surface area contributed by atoms with Gasteiger partial charge in [-0.25, -0.2) is 0 Å². The second-order valence-electron chi connectivity index (χ2n) is 4.30. The minimum absolute atomic E-state index is 0.0771.